The number of thiophene rings is 1. The van der Waals surface area contributed by atoms with E-state index in [-0.39, 0.29) is 18.4 Å². The number of aryl methyl sites for hydroxylation is 1. The number of hydrogen-bond acceptors (Lipinski definition) is 6. The van der Waals surface area contributed by atoms with Gasteiger partial charge in [0.1, 0.15) is 4.88 Å². The first-order valence-electron chi connectivity index (χ1n) is 6.11. The van der Waals surface area contributed by atoms with Gasteiger partial charge in [-0.1, -0.05) is 11.8 Å². The minimum Gasteiger partial charge on any atom is -0.481 e. The first-order valence-corrected chi connectivity index (χ1v) is 6.99. The molecule has 0 aliphatic rings. The van der Waals surface area contributed by atoms with Crippen molar-refractivity contribution in [2.75, 3.05) is 19.0 Å². The highest BCUT2D eigenvalue weighted by molar-refractivity contribution is 7.12. The van der Waals surface area contributed by atoms with Gasteiger partial charge in [-0.15, -0.1) is 11.3 Å². The Morgan fingerprint density at radius 1 is 1.52 bits per heavy atom. The van der Waals surface area contributed by atoms with Gasteiger partial charge in [0, 0.05) is 17.3 Å². The Bertz CT molecular complexity index is 715. The summed E-state index contributed by atoms with van der Waals surface area (Å²) < 4.78 is 5.05. The standard InChI is InChI=1S/C14H14N4O2S/c1-9-8-11(20-2)17-14(16-9)18-13(19)12-10(4-3-6-15)5-7-21-12/h5,7-8H,6,15H2,1-2H3,(H,16,17,18,19). The quantitative estimate of drug-likeness (QED) is 0.837. The van der Waals surface area contributed by atoms with Gasteiger partial charge in [0.05, 0.1) is 13.7 Å². The minimum absolute atomic E-state index is 0.197. The number of methoxy groups -OCH3 is 1. The molecule has 108 valence electrons. The first-order chi connectivity index (χ1) is 10.1. The number of ether oxygens (including phenoxy) is 1. The number of carbonyl (C=O) groups excluding carboxylic acids is 1. The number of hydrogen-bond donors (Lipinski definition) is 2. The van der Waals surface area contributed by atoms with Crippen LogP contribution in [0.1, 0.15) is 20.9 Å². The van der Waals surface area contributed by atoms with Crippen LogP contribution < -0.4 is 15.8 Å². The summed E-state index contributed by atoms with van der Waals surface area (Å²) in [6, 6.07) is 3.46. The average Bonchev–Trinajstić information content (AvgIpc) is 2.92. The van der Waals surface area contributed by atoms with Crippen molar-refractivity contribution in [2.45, 2.75) is 6.92 Å². The zero-order valence-corrected chi connectivity index (χ0v) is 12.5. The fourth-order valence-electron chi connectivity index (χ4n) is 1.59. The predicted molar refractivity (Wildman–Crippen MR) is 81.5 cm³/mol. The first kappa shape index (κ1) is 15.0. The van der Waals surface area contributed by atoms with Gasteiger partial charge in [-0.05, 0) is 18.4 Å². The zero-order chi connectivity index (χ0) is 15.2. The van der Waals surface area contributed by atoms with Gasteiger partial charge in [-0.25, -0.2) is 4.98 Å². The van der Waals surface area contributed by atoms with Crippen LogP contribution in [0.3, 0.4) is 0 Å². The molecule has 0 saturated carbocycles. The van der Waals surface area contributed by atoms with E-state index < -0.39 is 0 Å². The van der Waals surface area contributed by atoms with Crippen LogP contribution in [0.4, 0.5) is 5.95 Å². The third-order valence-electron chi connectivity index (χ3n) is 2.46. The Labute approximate surface area is 126 Å². The van der Waals surface area contributed by atoms with Gasteiger partial charge in [-0.2, -0.15) is 4.98 Å². The monoisotopic (exact) mass is 302 g/mol. The number of carbonyl (C=O) groups is 1. The second-order valence-electron chi connectivity index (χ2n) is 4.00. The van der Waals surface area contributed by atoms with Gasteiger partial charge in [0.15, 0.2) is 0 Å². The Morgan fingerprint density at radius 3 is 3.05 bits per heavy atom. The molecular weight excluding hydrogens is 288 g/mol. The normalized spacial score (nSPS) is 9.67. The lowest BCUT2D eigenvalue weighted by molar-refractivity contribution is 0.102. The van der Waals surface area contributed by atoms with Crippen molar-refractivity contribution in [1.29, 1.82) is 0 Å². The van der Waals surface area contributed by atoms with Crippen molar-refractivity contribution in [3.8, 4) is 17.7 Å². The Morgan fingerprint density at radius 2 is 2.33 bits per heavy atom. The van der Waals surface area contributed by atoms with E-state index in [1.54, 1.807) is 24.4 Å². The van der Waals surface area contributed by atoms with E-state index in [2.05, 4.69) is 27.1 Å². The fourth-order valence-corrected chi connectivity index (χ4v) is 2.33. The highest BCUT2D eigenvalue weighted by Gasteiger charge is 2.14. The summed E-state index contributed by atoms with van der Waals surface area (Å²) in [4.78, 5) is 21.0. The van der Waals surface area contributed by atoms with Crippen LogP contribution in [-0.4, -0.2) is 29.5 Å². The lowest BCUT2D eigenvalue weighted by atomic mass is 10.2. The third kappa shape index (κ3) is 3.78. The molecule has 0 aromatic carbocycles. The van der Waals surface area contributed by atoms with Gasteiger partial charge < -0.3 is 10.5 Å². The second-order valence-corrected chi connectivity index (χ2v) is 4.91. The van der Waals surface area contributed by atoms with Crippen LogP contribution in [0, 0.1) is 18.8 Å². The van der Waals surface area contributed by atoms with Gasteiger partial charge >= 0.3 is 0 Å². The summed E-state index contributed by atoms with van der Waals surface area (Å²) >= 11 is 1.30. The van der Waals surface area contributed by atoms with Crippen molar-refractivity contribution >= 4 is 23.2 Å². The molecule has 21 heavy (non-hydrogen) atoms. The van der Waals surface area contributed by atoms with Crippen LogP contribution in [0.5, 0.6) is 5.88 Å². The minimum atomic E-state index is -0.307. The Hall–Kier alpha value is -2.43. The summed E-state index contributed by atoms with van der Waals surface area (Å²) in [5.74, 6) is 5.88. The summed E-state index contributed by atoms with van der Waals surface area (Å²) in [6.45, 7) is 2.04. The number of nitrogens with zero attached hydrogens (tertiary/aromatic N) is 2. The summed E-state index contributed by atoms with van der Waals surface area (Å²) in [5, 5.41) is 4.45. The zero-order valence-electron chi connectivity index (χ0n) is 11.6. The average molecular weight is 302 g/mol. The van der Waals surface area contributed by atoms with Crippen LogP contribution in [0.25, 0.3) is 0 Å². The van der Waals surface area contributed by atoms with E-state index in [1.807, 2.05) is 0 Å². The molecular formula is C14H14N4O2S. The molecule has 6 nitrogen and oxygen atoms in total. The Balaban J connectivity index is 2.22. The number of aromatic nitrogens is 2. The van der Waals surface area contributed by atoms with Crippen molar-refractivity contribution in [3.05, 3.63) is 33.6 Å². The molecule has 2 aromatic rings. The molecule has 2 heterocycles. The van der Waals surface area contributed by atoms with E-state index in [1.165, 1.54) is 18.4 Å². The molecule has 1 amide bonds. The molecule has 0 unspecified atom stereocenters. The van der Waals surface area contributed by atoms with E-state index in [4.69, 9.17) is 10.5 Å². The van der Waals surface area contributed by atoms with Crippen molar-refractivity contribution < 1.29 is 9.53 Å². The maximum absolute atomic E-state index is 12.2. The van der Waals surface area contributed by atoms with Crippen LogP contribution in [0.15, 0.2) is 17.5 Å². The predicted octanol–water partition coefficient (Wildman–Crippen LogP) is 1.42. The molecule has 0 bridgehead atoms. The summed E-state index contributed by atoms with van der Waals surface area (Å²) in [7, 11) is 1.51. The largest absolute Gasteiger partial charge is 0.481 e. The molecule has 0 atom stereocenters. The number of amides is 1. The number of nitrogens with two attached hydrogens (primary N) is 1. The van der Waals surface area contributed by atoms with E-state index >= 15 is 0 Å². The topological polar surface area (TPSA) is 90.1 Å². The molecule has 2 aromatic heterocycles. The highest BCUT2D eigenvalue weighted by Crippen LogP contribution is 2.18. The number of anilines is 1. The van der Waals surface area contributed by atoms with E-state index in [9.17, 15) is 4.79 Å². The van der Waals surface area contributed by atoms with Gasteiger partial charge in [-0.3, -0.25) is 10.1 Å². The lowest BCUT2D eigenvalue weighted by Gasteiger charge is -2.06. The van der Waals surface area contributed by atoms with Crippen LogP contribution in [-0.2, 0) is 0 Å². The maximum Gasteiger partial charge on any atom is 0.269 e. The van der Waals surface area contributed by atoms with Gasteiger partial charge in [0.2, 0.25) is 11.8 Å². The second kappa shape index (κ2) is 6.83. The van der Waals surface area contributed by atoms with E-state index in [0.717, 1.165) is 0 Å². The fraction of sp³-hybridized carbons (Fsp3) is 0.214. The highest BCUT2D eigenvalue weighted by atomic mass is 32.1. The lowest BCUT2D eigenvalue weighted by Crippen LogP contribution is -2.14. The molecule has 7 heteroatoms. The van der Waals surface area contributed by atoms with Crippen LogP contribution in [0.2, 0.25) is 0 Å². The third-order valence-corrected chi connectivity index (χ3v) is 3.37. The SMILES string of the molecule is COc1cc(C)nc(NC(=O)c2sccc2C#CCN)n1. The molecule has 0 aliphatic carbocycles. The molecule has 0 radical (unpaired) electrons. The van der Waals surface area contributed by atoms with Crippen LogP contribution >= 0.6 is 11.3 Å². The molecule has 0 spiro atoms. The number of nitrogens with one attached hydrogen (secondary N) is 1. The molecule has 3 N–H and O–H groups in total. The molecule has 2 rings (SSSR count). The van der Waals surface area contributed by atoms with Gasteiger partial charge in [0.25, 0.3) is 5.91 Å². The smallest absolute Gasteiger partial charge is 0.269 e. The van der Waals surface area contributed by atoms with Crippen molar-refractivity contribution in [2.24, 2.45) is 5.73 Å². The molecule has 0 fully saturated rings. The summed E-state index contributed by atoms with van der Waals surface area (Å²) in [6.07, 6.45) is 0. The Kier molecular flexibility index (Phi) is 4.87. The molecule has 0 aliphatic heterocycles. The molecule has 0 saturated heterocycles. The van der Waals surface area contributed by atoms with E-state index in [0.29, 0.717) is 22.0 Å². The number of rotatable bonds is 3. The van der Waals surface area contributed by atoms with Crippen molar-refractivity contribution in [1.82, 2.24) is 9.97 Å². The van der Waals surface area contributed by atoms with Crippen molar-refractivity contribution in [3.63, 3.8) is 0 Å². The summed E-state index contributed by atoms with van der Waals surface area (Å²) in [5.41, 5.74) is 6.68. The maximum atomic E-state index is 12.2.